The first-order valence-electron chi connectivity index (χ1n) is 6.07. The van der Waals surface area contributed by atoms with E-state index in [1.54, 1.807) is 10.7 Å². The van der Waals surface area contributed by atoms with Crippen molar-refractivity contribution in [2.45, 2.75) is 13.8 Å². The maximum Gasteiger partial charge on any atom is 0.166 e. The summed E-state index contributed by atoms with van der Waals surface area (Å²) in [5, 5.41) is 4.56. The number of nitrogens with zero attached hydrogens (tertiary/aromatic N) is 3. The molecule has 3 N–H and O–H groups in total. The van der Waals surface area contributed by atoms with Crippen LogP contribution in [0.15, 0.2) is 36.7 Å². The Morgan fingerprint density at radius 1 is 1.21 bits per heavy atom. The Labute approximate surface area is 111 Å². The van der Waals surface area contributed by atoms with E-state index in [1.165, 1.54) is 11.1 Å². The van der Waals surface area contributed by atoms with Crippen molar-refractivity contribution < 1.29 is 0 Å². The molecule has 0 unspecified atom stereocenters. The van der Waals surface area contributed by atoms with Crippen LogP contribution in [0.3, 0.4) is 0 Å². The summed E-state index contributed by atoms with van der Waals surface area (Å²) in [6.07, 6.45) is 3.48. The lowest BCUT2D eigenvalue weighted by molar-refractivity contribution is 0.948. The molecular weight excluding hydrogens is 238 g/mol. The van der Waals surface area contributed by atoms with Gasteiger partial charge in [-0.3, -0.25) is 0 Å². The monoisotopic (exact) mass is 253 g/mol. The highest BCUT2D eigenvalue weighted by Crippen LogP contribution is 2.25. The largest absolute Gasteiger partial charge is 0.307 e. The van der Waals surface area contributed by atoms with Crippen LogP contribution in [0.5, 0.6) is 0 Å². The molecule has 1 aromatic carbocycles. The van der Waals surface area contributed by atoms with Crippen molar-refractivity contribution in [3.8, 4) is 11.3 Å². The molecule has 0 spiro atoms. The number of aromatic nitrogens is 3. The second-order valence-corrected chi connectivity index (χ2v) is 4.60. The summed E-state index contributed by atoms with van der Waals surface area (Å²) in [4.78, 5) is 4.17. The fourth-order valence-electron chi connectivity index (χ4n) is 2.27. The highest BCUT2D eigenvalue weighted by molar-refractivity contribution is 5.75. The molecule has 0 amide bonds. The molecule has 0 aliphatic rings. The van der Waals surface area contributed by atoms with E-state index in [9.17, 15) is 0 Å². The topological polar surface area (TPSA) is 68.2 Å². The highest BCUT2D eigenvalue weighted by Gasteiger charge is 2.10. The molecule has 19 heavy (non-hydrogen) atoms. The van der Waals surface area contributed by atoms with Gasteiger partial charge in [-0.05, 0) is 25.5 Å². The van der Waals surface area contributed by atoms with Crippen LogP contribution in [-0.4, -0.2) is 14.6 Å². The lowest BCUT2D eigenvalue weighted by Crippen LogP contribution is -2.09. The number of aryl methyl sites for hydroxylation is 2. The van der Waals surface area contributed by atoms with E-state index in [-0.39, 0.29) is 0 Å². The number of nitrogens with two attached hydrogens (primary N) is 1. The number of hydrogen-bond acceptors (Lipinski definition) is 4. The lowest BCUT2D eigenvalue weighted by Gasteiger charge is -2.02. The van der Waals surface area contributed by atoms with Gasteiger partial charge in [-0.15, -0.1) is 0 Å². The van der Waals surface area contributed by atoms with E-state index in [0.717, 1.165) is 16.8 Å². The number of nitrogens with one attached hydrogen (secondary N) is 1. The molecule has 2 aromatic heterocycles. The van der Waals surface area contributed by atoms with Crippen LogP contribution in [0.4, 0.5) is 5.82 Å². The van der Waals surface area contributed by atoms with Crippen LogP contribution in [0.1, 0.15) is 11.1 Å². The molecule has 0 atom stereocenters. The minimum Gasteiger partial charge on any atom is -0.307 e. The van der Waals surface area contributed by atoms with E-state index in [4.69, 9.17) is 5.84 Å². The molecule has 5 heteroatoms. The first-order valence-corrected chi connectivity index (χ1v) is 6.07. The van der Waals surface area contributed by atoms with Gasteiger partial charge >= 0.3 is 0 Å². The summed E-state index contributed by atoms with van der Waals surface area (Å²) >= 11 is 0. The van der Waals surface area contributed by atoms with E-state index in [2.05, 4.69) is 47.6 Å². The van der Waals surface area contributed by atoms with Crippen molar-refractivity contribution in [1.82, 2.24) is 14.6 Å². The molecule has 2 heterocycles. The summed E-state index contributed by atoms with van der Waals surface area (Å²) in [6.45, 7) is 4.17. The average molecular weight is 253 g/mol. The molecule has 96 valence electrons. The minimum atomic E-state index is 0.617. The summed E-state index contributed by atoms with van der Waals surface area (Å²) in [5.74, 6) is 6.08. The van der Waals surface area contributed by atoms with Crippen LogP contribution in [0, 0.1) is 13.8 Å². The number of hydrogen-bond donors (Lipinski definition) is 2. The first kappa shape index (κ1) is 11.7. The number of nitrogen functional groups attached to an aromatic ring is 1. The number of fused-ring (bicyclic) bond motifs is 1. The van der Waals surface area contributed by atoms with Crippen molar-refractivity contribution in [1.29, 1.82) is 0 Å². The molecule has 5 nitrogen and oxygen atoms in total. The van der Waals surface area contributed by atoms with Gasteiger partial charge in [-0.1, -0.05) is 23.8 Å². The molecule has 0 saturated heterocycles. The van der Waals surface area contributed by atoms with E-state index < -0.39 is 0 Å². The molecule has 0 radical (unpaired) electrons. The van der Waals surface area contributed by atoms with Crippen molar-refractivity contribution >= 4 is 11.3 Å². The van der Waals surface area contributed by atoms with Crippen LogP contribution in [-0.2, 0) is 0 Å². The fraction of sp³-hybridized carbons (Fsp3) is 0.143. The molecule has 0 aliphatic carbocycles. The fourth-order valence-corrected chi connectivity index (χ4v) is 2.27. The van der Waals surface area contributed by atoms with Gasteiger partial charge in [0.25, 0.3) is 0 Å². The summed E-state index contributed by atoms with van der Waals surface area (Å²) in [5.41, 5.74) is 7.94. The smallest absolute Gasteiger partial charge is 0.166 e. The zero-order valence-corrected chi connectivity index (χ0v) is 10.9. The van der Waals surface area contributed by atoms with Gasteiger partial charge in [0.1, 0.15) is 5.52 Å². The minimum absolute atomic E-state index is 0.617. The molecule has 0 saturated carbocycles. The van der Waals surface area contributed by atoms with E-state index in [1.807, 2.05) is 12.3 Å². The average Bonchev–Trinajstić information content (AvgIpc) is 2.81. The summed E-state index contributed by atoms with van der Waals surface area (Å²) in [7, 11) is 0. The molecule has 3 rings (SSSR count). The third-order valence-electron chi connectivity index (χ3n) is 3.18. The van der Waals surface area contributed by atoms with Crippen LogP contribution < -0.4 is 11.3 Å². The quantitative estimate of drug-likeness (QED) is 0.543. The zero-order chi connectivity index (χ0) is 13.4. The van der Waals surface area contributed by atoms with Crippen molar-refractivity contribution in [3.63, 3.8) is 0 Å². The molecule has 0 bridgehead atoms. The van der Waals surface area contributed by atoms with Crippen molar-refractivity contribution in [3.05, 3.63) is 47.8 Å². The predicted molar refractivity (Wildman–Crippen MR) is 75.7 cm³/mol. The van der Waals surface area contributed by atoms with Gasteiger partial charge in [0.05, 0.1) is 5.69 Å². The molecule has 3 aromatic rings. The normalized spacial score (nSPS) is 10.9. The summed E-state index contributed by atoms with van der Waals surface area (Å²) < 4.78 is 1.77. The van der Waals surface area contributed by atoms with Gasteiger partial charge in [0.2, 0.25) is 0 Å². The second kappa shape index (κ2) is 4.37. The van der Waals surface area contributed by atoms with E-state index in [0.29, 0.717) is 5.82 Å². The molecule has 0 fully saturated rings. The Balaban J connectivity index is 2.20. The van der Waals surface area contributed by atoms with Gasteiger partial charge in [0, 0.05) is 18.0 Å². The lowest BCUT2D eigenvalue weighted by atomic mass is 10.0. The highest BCUT2D eigenvalue weighted by atomic mass is 15.3. The second-order valence-electron chi connectivity index (χ2n) is 4.60. The van der Waals surface area contributed by atoms with Crippen LogP contribution in [0.2, 0.25) is 0 Å². The maximum absolute atomic E-state index is 5.46. The first-order chi connectivity index (χ1) is 9.19. The Bertz CT molecular complexity index is 745. The Morgan fingerprint density at radius 3 is 2.79 bits per heavy atom. The number of benzene rings is 1. The molecular formula is C14H15N5. The number of rotatable bonds is 2. The third kappa shape index (κ3) is 1.94. The standard InChI is InChI=1S/C14H15N5/c1-9-3-4-11(10(2)7-9)12-8-13-14(17-15)16-5-6-19(13)18-12/h3-8H,15H2,1-2H3,(H,16,17). The van der Waals surface area contributed by atoms with Crippen molar-refractivity contribution in [2.24, 2.45) is 5.84 Å². The maximum atomic E-state index is 5.46. The Kier molecular flexibility index (Phi) is 2.68. The predicted octanol–water partition coefficient (Wildman–Crippen LogP) is 2.30. The number of anilines is 1. The zero-order valence-electron chi connectivity index (χ0n) is 10.9. The van der Waals surface area contributed by atoms with Crippen molar-refractivity contribution in [2.75, 3.05) is 5.43 Å². The van der Waals surface area contributed by atoms with Crippen LogP contribution in [0.25, 0.3) is 16.8 Å². The van der Waals surface area contributed by atoms with Gasteiger partial charge in [-0.2, -0.15) is 5.10 Å². The van der Waals surface area contributed by atoms with Gasteiger partial charge in [-0.25, -0.2) is 15.3 Å². The number of hydrazine groups is 1. The summed E-state index contributed by atoms with van der Waals surface area (Å²) in [6, 6.07) is 8.32. The van der Waals surface area contributed by atoms with Gasteiger partial charge in [0.15, 0.2) is 5.82 Å². The van der Waals surface area contributed by atoms with Crippen LogP contribution >= 0.6 is 0 Å². The molecule has 0 aliphatic heterocycles. The Morgan fingerprint density at radius 2 is 2.05 bits per heavy atom. The Hall–Kier alpha value is -2.40. The van der Waals surface area contributed by atoms with Gasteiger partial charge < -0.3 is 5.43 Å². The SMILES string of the molecule is Cc1ccc(-c2cc3c(NN)nccn3n2)c(C)c1. The van der Waals surface area contributed by atoms with E-state index >= 15 is 0 Å². The third-order valence-corrected chi connectivity index (χ3v) is 3.18.